The number of rotatable bonds is 6. The van der Waals surface area contributed by atoms with Gasteiger partial charge in [0.05, 0.1) is 4.92 Å². The molecular weight excluding hydrogens is 290 g/mol. The maximum absolute atomic E-state index is 11.6. The van der Waals surface area contributed by atoms with E-state index in [0.717, 1.165) is 0 Å². The molecule has 0 radical (unpaired) electrons. The minimum absolute atomic E-state index is 0.00162. The summed E-state index contributed by atoms with van der Waals surface area (Å²) in [7, 11) is 0. The summed E-state index contributed by atoms with van der Waals surface area (Å²) in [5.41, 5.74) is 0.593. The van der Waals surface area contributed by atoms with Gasteiger partial charge in [0.2, 0.25) is 5.91 Å². The molecular formula is C14H15N3O5. The van der Waals surface area contributed by atoms with Gasteiger partial charge in [0, 0.05) is 41.6 Å². The Morgan fingerprint density at radius 2 is 2.14 bits per heavy atom. The van der Waals surface area contributed by atoms with E-state index in [1.54, 1.807) is 0 Å². The molecule has 22 heavy (non-hydrogen) atoms. The standard InChI is InChI=1S/C14H15N3O5/c1-2-3-12(18)15-7-10-9-6-8(17(21)22)4-5-11(9)16-13(10)14(19)20/h4-6,16H,2-3,7H2,1H3,(H,15,18)(H,19,20). The van der Waals surface area contributed by atoms with Crippen molar-refractivity contribution < 1.29 is 19.6 Å². The number of aromatic carboxylic acids is 1. The Bertz CT molecular complexity index is 750. The summed E-state index contributed by atoms with van der Waals surface area (Å²) >= 11 is 0. The van der Waals surface area contributed by atoms with E-state index in [1.807, 2.05) is 6.92 Å². The Hall–Kier alpha value is -2.90. The molecule has 8 heteroatoms. The van der Waals surface area contributed by atoms with Gasteiger partial charge in [-0.05, 0) is 12.5 Å². The van der Waals surface area contributed by atoms with Crippen LogP contribution in [0, 0.1) is 10.1 Å². The van der Waals surface area contributed by atoms with E-state index in [0.29, 0.717) is 29.3 Å². The van der Waals surface area contributed by atoms with Crippen LogP contribution in [0.3, 0.4) is 0 Å². The van der Waals surface area contributed by atoms with Crippen molar-refractivity contribution in [1.82, 2.24) is 10.3 Å². The second-order valence-corrected chi connectivity index (χ2v) is 4.80. The van der Waals surface area contributed by atoms with Gasteiger partial charge in [-0.15, -0.1) is 0 Å². The molecule has 1 heterocycles. The lowest BCUT2D eigenvalue weighted by molar-refractivity contribution is -0.384. The molecule has 0 aliphatic rings. The lowest BCUT2D eigenvalue weighted by Gasteiger charge is -2.05. The van der Waals surface area contributed by atoms with Crippen molar-refractivity contribution in [1.29, 1.82) is 0 Å². The molecule has 0 unspecified atom stereocenters. The van der Waals surface area contributed by atoms with Crippen molar-refractivity contribution in [3.8, 4) is 0 Å². The predicted octanol–water partition coefficient (Wildman–Crippen LogP) is 2.19. The van der Waals surface area contributed by atoms with Gasteiger partial charge in [-0.1, -0.05) is 6.92 Å². The average Bonchev–Trinajstić information content (AvgIpc) is 2.83. The number of hydrogen-bond acceptors (Lipinski definition) is 4. The molecule has 1 amide bonds. The highest BCUT2D eigenvalue weighted by molar-refractivity contribution is 5.98. The largest absolute Gasteiger partial charge is 0.477 e. The lowest BCUT2D eigenvalue weighted by Crippen LogP contribution is -2.23. The molecule has 0 atom stereocenters. The van der Waals surface area contributed by atoms with Crippen molar-refractivity contribution in [2.75, 3.05) is 0 Å². The molecule has 0 saturated heterocycles. The second kappa shape index (κ2) is 6.25. The third-order valence-corrected chi connectivity index (χ3v) is 3.25. The summed E-state index contributed by atoms with van der Waals surface area (Å²) in [5, 5.41) is 23.1. The highest BCUT2D eigenvalue weighted by atomic mass is 16.6. The summed E-state index contributed by atoms with van der Waals surface area (Å²) in [4.78, 5) is 35.9. The number of carbonyl (C=O) groups is 2. The first kappa shape index (κ1) is 15.5. The van der Waals surface area contributed by atoms with E-state index >= 15 is 0 Å². The van der Waals surface area contributed by atoms with E-state index < -0.39 is 10.9 Å². The summed E-state index contributed by atoms with van der Waals surface area (Å²) in [6.07, 6.45) is 1.02. The number of aromatic amines is 1. The Morgan fingerprint density at radius 1 is 1.41 bits per heavy atom. The first-order chi connectivity index (χ1) is 10.4. The molecule has 0 aliphatic heterocycles. The minimum Gasteiger partial charge on any atom is -0.477 e. The van der Waals surface area contributed by atoms with Crippen LogP contribution in [0.1, 0.15) is 35.8 Å². The molecule has 116 valence electrons. The molecule has 1 aromatic carbocycles. The first-order valence-corrected chi connectivity index (χ1v) is 6.73. The molecule has 0 aliphatic carbocycles. The summed E-state index contributed by atoms with van der Waals surface area (Å²) in [6, 6.07) is 4.06. The molecule has 0 bridgehead atoms. The van der Waals surface area contributed by atoms with Crippen molar-refractivity contribution in [3.05, 3.63) is 39.6 Å². The number of fused-ring (bicyclic) bond motifs is 1. The van der Waals surface area contributed by atoms with Crippen LogP contribution in [-0.2, 0) is 11.3 Å². The van der Waals surface area contributed by atoms with Crippen LogP contribution >= 0.6 is 0 Å². The van der Waals surface area contributed by atoms with Crippen LogP contribution in [-0.4, -0.2) is 26.9 Å². The number of carboxylic acid groups (broad SMARTS) is 1. The quantitative estimate of drug-likeness (QED) is 0.557. The predicted molar refractivity (Wildman–Crippen MR) is 78.7 cm³/mol. The number of hydrogen-bond donors (Lipinski definition) is 3. The van der Waals surface area contributed by atoms with Gasteiger partial charge >= 0.3 is 5.97 Å². The topological polar surface area (TPSA) is 125 Å². The SMILES string of the molecule is CCCC(=O)NCc1c(C(=O)O)[nH]c2ccc([N+](=O)[O-])cc12. The van der Waals surface area contributed by atoms with Crippen LogP contribution in [0.4, 0.5) is 5.69 Å². The van der Waals surface area contributed by atoms with E-state index in [2.05, 4.69) is 10.3 Å². The first-order valence-electron chi connectivity index (χ1n) is 6.73. The van der Waals surface area contributed by atoms with Crippen LogP contribution in [0.5, 0.6) is 0 Å². The number of aromatic nitrogens is 1. The number of nitro groups is 1. The van der Waals surface area contributed by atoms with Crippen LogP contribution < -0.4 is 5.32 Å². The van der Waals surface area contributed by atoms with Crippen molar-refractivity contribution in [2.45, 2.75) is 26.3 Å². The van der Waals surface area contributed by atoms with Gasteiger partial charge in [-0.3, -0.25) is 14.9 Å². The highest BCUT2D eigenvalue weighted by Gasteiger charge is 2.19. The summed E-state index contributed by atoms with van der Waals surface area (Å²) in [5.74, 6) is -1.38. The van der Waals surface area contributed by atoms with E-state index in [9.17, 15) is 24.8 Å². The third kappa shape index (κ3) is 3.05. The van der Waals surface area contributed by atoms with Gasteiger partial charge < -0.3 is 15.4 Å². The molecule has 0 saturated carbocycles. The van der Waals surface area contributed by atoms with Crippen molar-refractivity contribution in [2.24, 2.45) is 0 Å². The Kier molecular flexibility index (Phi) is 4.40. The molecule has 1 aromatic heterocycles. The van der Waals surface area contributed by atoms with E-state index in [1.165, 1.54) is 18.2 Å². The number of non-ortho nitro benzene ring substituents is 1. The fourth-order valence-corrected chi connectivity index (χ4v) is 2.22. The zero-order valence-corrected chi connectivity index (χ0v) is 11.9. The second-order valence-electron chi connectivity index (χ2n) is 4.80. The molecule has 0 spiro atoms. The number of amides is 1. The summed E-state index contributed by atoms with van der Waals surface area (Å²) < 4.78 is 0. The van der Waals surface area contributed by atoms with Crippen LogP contribution in [0.2, 0.25) is 0 Å². The van der Waals surface area contributed by atoms with Crippen molar-refractivity contribution >= 4 is 28.5 Å². The van der Waals surface area contributed by atoms with Crippen LogP contribution in [0.15, 0.2) is 18.2 Å². The molecule has 2 aromatic rings. The normalized spacial score (nSPS) is 10.6. The number of nitrogens with one attached hydrogen (secondary N) is 2. The van der Waals surface area contributed by atoms with Gasteiger partial charge in [-0.25, -0.2) is 4.79 Å². The van der Waals surface area contributed by atoms with E-state index in [-0.39, 0.29) is 23.8 Å². The van der Waals surface area contributed by atoms with E-state index in [4.69, 9.17) is 0 Å². The molecule has 0 fully saturated rings. The van der Waals surface area contributed by atoms with Crippen molar-refractivity contribution in [3.63, 3.8) is 0 Å². The third-order valence-electron chi connectivity index (χ3n) is 3.25. The fourth-order valence-electron chi connectivity index (χ4n) is 2.22. The van der Waals surface area contributed by atoms with Gasteiger partial charge in [-0.2, -0.15) is 0 Å². The smallest absolute Gasteiger partial charge is 0.352 e. The molecule has 8 nitrogen and oxygen atoms in total. The monoisotopic (exact) mass is 305 g/mol. The Labute approximate surface area is 125 Å². The maximum atomic E-state index is 11.6. The zero-order chi connectivity index (χ0) is 16.3. The lowest BCUT2D eigenvalue weighted by atomic mass is 10.1. The van der Waals surface area contributed by atoms with Gasteiger partial charge in [0.15, 0.2) is 0 Å². The number of H-pyrrole nitrogens is 1. The number of nitrogens with zero attached hydrogens (tertiary/aromatic N) is 1. The minimum atomic E-state index is -1.18. The summed E-state index contributed by atoms with van der Waals surface area (Å²) in [6.45, 7) is 1.86. The Balaban J connectivity index is 2.45. The van der Waals surface area contributed by atoms with Gasteiger partial charge in [0.25, 0.3) is 5.69 Å². The molecule has 3 N–H and O–H groups in total. The van der Waals surface area contributed by atoms with Gasteiger partial charge in [0.1, 0.15) is 5.69 Å². The number of benzene rings is 1. The zero-order valence-electron chi connectivity index (χ0n) is 11.9. The highest BCUT2D eigenvalue weighted by Crippen LogP contribution is 2.26. The van der Waals surface area contributed by atoms with Crippen LogP contribution in [0.25, 0.3) is 10.9 Å². The fraction of sp³-hybridized carbons (Fsp3) is 0.286. The maximum Gasteiger partial charge on any atom is 0.352 e. The molecule has 2 rings (SSSR count). The average molecular weight is 305 g/mol. The number of nitro benzene ring substituents is 1. The number of carboxylic acids is 1. The number of carbonyl (C=O) groups excluding carboxylic acids is 1. The Morgan fingerprint density at radius 3 is 2.73 bits per heavy atom.